The SMILES string of the molecule is CCc1nc(C)sc1CC. The lowest BCUT2D eigenvalue weighted by Crippen LogP contribution is -1.85. The Balaban J connectivity index is 2.96. The van der Waals surface area contributed by atoms with Crippen molar-refractivity contribution in [3.63, 3.8) is 0 Å². The van der Waals surface area contributed by atoms with Crippen LogP contribution < -0.4 is 0 Å². The van der Waals surface area contributed by atoms with Gasteiger partial charge >= 0.3 is 0 Å². The van der Waals surface area contributed by atoms with E-state index < -0.39 is 0 Å². The van der Waals surface area contributed by atoms with E-state index in [0.717, 1.165) is 12.8 Å². The number of aromatic nitrogens is 1. The summed E-state index contributed by atoms with van der Waals surface area (Å²) >= 11 is 1.83. The molecule has 1 aromatic rings. The van der Waals surface area contributed by atoms with Gasteiger partial charge in [0.15, 0.2) is 0 Å². The summed E-state index contributed by atoms with van der Waals surface area (Å²) < 4.78 is 0. The maximum atomic E-state index is 4.42. The summed E-state index contributed by atoms with van der Waals surface area (Å²) in [4.78, 5) is 5.88. The third kappa shape index (κ3) is 1.37. The van der Waals surface area contributed by atoms with E-state index in [1.165, 1.54) is 15.6 Å². The van der Waals surface area contributed by atoms with E-state index in [1.54, 1.807) is 0 Å². The van der Waals surface area contributed by atoms with Gasteiger partial charge in [-0.05, 0) is 19.8 Å². The van der Waals surface area contributed by atoms with Crippen molar-refractivity contribution < 1.29 is 0 Å². The van der Waals surface area contributed by atoms with Crippen LogP contribution in [-0.4, -0.2) is 4.98 Å². The van der Waals surface area contributed by atoms with Crippen molar-refractivity contribution in [2.45, 2.75) is 33.6 Å². The molecule has 0 radical (unpaired) electrons. The predicted molar refractivity (Wildman–Crippen MR) is 45.6 cm³/mol. The van der Waals surface area contributed by atoms with E-state index in [9.17, 15) is 0 Å². The number of rotatable bonds is 2. The number of nitrogens with zero attached hydrogens (tertiary/aromatic N) is 1. The minimum Gasteiger partial charge on any atom is -0.246 e. The molecule has 0 atom stereocenters. The molecule has 0 bridgehead atoms. The second-order valence-electron chi connectivity index (χ2n) is 2.31. The van der Waals surface area contributed by atoms with E-state index in [-0.39, 0.29) is 0 Å². The van der Waals surface area contributed by atoms with Gasteiger partial charge in [0, 0.05) is 4.88 Å². The van der Waals surface area contributed by atoms with Gasteiger partial charge in [-0.15, -0.1) is 11.3 Å². The predicted octanol–water partition coefficient (Wildman–Crippen LogP) is 2.58. The van der Waals surface area contributed by atoms with Crippen molar-refractivity contribution in [2.24, 2.45) is 0 Å². The number of aryl methyl sites for hydroxylation is 3. The van der Waals surface area contributed by atoms with Crippen LogP contribution in [0.5, 0.6) is 0 Å². The van der Waals surface area contributed by atoms with Crippen molar-refractivity contribution in [1.29, 1.82) is 0 Å². The second kappa shape index (κ2) is 3.15. The number of hydrogen-bond acceptors (Lipinski definition) is 2. The minimum absolute atomic E-state index is 1.08. The highest BCUT2D eigenvalue weighted by Gasteiger charge is 2.03. The average Bonchev–Trinajstić information content (AvgIpc) is 2.30. The van der Waals surface area contributed by atoms with E-state index in [2.05, 4.69) is 25.8 Å². The van der Waals surface area contributed by atoms with Crippen LogP contribution in [-0.2, 0) is 12.8 Å². The van der Waals surface area contributed by atoms with Crippen molar-refractivity contribution in [2.75, 3.05) is 0 Å². The average molecular weight is 155 g/mol. The van der Waals surface area contributed by atoms with Crippen LogP contribution in [0.3, 0.4) is 0 Å². The summed E-state index contributed by atoms with van der Waals surface area (Å²) in [6.45, 7) is 6.42. The van der Waals surface area contributed by atoms with Gasteiger partial charge in [0.25, 0.3) is 0 Å². The van der Waals surface area contributed by atoms with Gasteiger partial charge in [0.2, 0.25) is 0 Å². The number of hydrogen-bond donors (Lipinski definition) is 0. The quantitative estimate of drug-likeness (QED) is 0.639. The van der Waals surface area contributed by atoms with Gasteiger partial charge in [-0.1, -0.05) is 13.8 Å². The molecule has 0 aliphatic carbocycles. The van der Waals surface area contributed by atoms with Gasteiger partial charge in [-0.3, -0.25) is 0 Å². The van der Waals surface area contributed by atoms with Gasteiger partial charge in [-0.25, -0.2) is 4.98 Å². The first kappa shape index (κ1) is 7.73. The molecule has 0 aromatic carbocycles. The summed E-state index contributed by atoms with van der Waals surface area (Å²) in [5, 5.41) is 1.20. The molecule has 0 aliphatic heterocycles. The van der Waals surface area contributed by atoms with Crippen molar-refractivity contribution in [3.05, 3.63) is 15.6 Å². The van der Waals surface area contributed by atoms with Crippen molar-refractivity contribution in [1.82, 2.24) is 4.98 Å². The number of thiazole rings is 1. The molecule has 2 heteroatoms. The lowest BCUT2D eigenvalue weighted by Gasteiger charge is -1.90. The normalized spacial score (nSPS) is 10.3. The molecule has 0 unspecified atom stereocenters. The Bertz CT molecular complexity index is 194. The fraction of sp³-hybridized carbons (Fsp3) is 0.625. The molecule has 1 aromatic heterocycles. The van der Waals surface area contributed by atoms with E-state index in [4.69, 9.17) is 0 Å². The smallest absolute Gasteiger partial charge is 0.0900 e. The molecular formula is C8H13NS. The highest BCUT2D eigenvalue weighted by atomic mass is 32.1. The summed E-state index contributed by atoms with van der Waals surface area (Å²) in [6.07, 6.45) is 2.21. The molecule has 0 N–H and O–H groups in total. The summed E-state index contributed by atoms with van der Waals surface area (Å²) in [7, 11) is 0. The van der Waals surface area contributed by atoms with Crippen LogP contribution >= 0.6 is 11.3 Å². The standard InChI is InChI=1S/C8H13NS/c1-4-7-8(5-2)10-6(3)9-7/h4-5H2,1-3H3. The van der Waals surface area contributed by atoms with Crippen molar-refractivity contribution >= 4 is 11.3 Å². The lowest BCUT2D eigenvalue weighted by molar-refractivity contribution is 0.997. The van der Waals surface area contributed by atoms with Crippen LogP contribution in [0, 0.1) is 6.92 Å². The Labute approximate surface area is 66.1 Å². The molecule has 0 amide bonds. The Kier molecular flexibility index (Phi) is 2.44. The fourth-order valence-corrected chi connectivity index (χ4v) is 2.03. The van der Waals surface area contributed by atoms with Gasteiger partial charge < -0.3 is 0 Å². The molecule has 56 valence electrons. The highest BCUT2D eigenvalue weighted by Crippen LogP contribution is 2.18. The molecule has 0 aliphatic rings. The molecule has 0 saturated heterocycles. The summed E-state index contributed by atoms with van der Waals surface area (Å²) in [5.74, 6) is 0. The first-order valence-corrected chi connectivity index (χ1v) is 4.54. The molecule has 0 saturated carbocycles. The van der Waals surface area contributed by atoms with E-state index in [0.29, 0.717) is 0 Å². The molecule has 10 heavy (non-hydrogen) atoms. The zero-order valence-corrected chi connectivity index (χ0v) is 7.59. The van der Waals surface area contributed by atoms with Crippen molar-refractivity contribution in [3.8, 4) is 0 Å². The third-order valence-electron chi connectivity index (χ3n) is 1.54. The van der Waals surface area contributed by atoms with Crippen LogP contribution in [0.4, 0.5) is 0 Å². The van der Waals surface area contributed by atoms with Crippen LogP contribution in [0.1, 0.15) is 29.4 Å². The molecule has 1 nitrogen and oxygen atoms in total. The Morgan fingerprint density at radius 3 is 2.40 bits per heavy atom. The molecule has 1 heterocycles. The fourth-order valence-electron chi connectivity index (χ4n) is 1.06. The summed E-state index contributed by atoms with van der Waals surface area (Å²) in [6, 6.07) is 0. The second-order valence-corrected chi connectivity index (χ2v) is 3.60. The molecule has 0 fully saturated rings. The van der Waals surface area contributed by atoms with Gasteiger partial charge in [0.05, 0.1) is 10.7 Å². The zero-order chi connectivity index (χ0) is 7.56. The maximum absolute atomic E-state index is 4.42. The summed E-state index contributed by atoms with van der Waals surface area (Å²) in [5.41, 5.74) is 1.30. The molecular weight excluding hydrogens is 142 g/mol. The monoisotopic (exact) mass is 155 g/mol. The lowest BCUT2D eigenvalue weighted by atomic mass is 10.2. The minimum atomic E-state index is 1.08. The molecule has 1 rings (SSSR count). The van der Waals surface area contributed by atoms with E-state index >= 15 is 0 Å². The third-order valence-corrected chi connectivity index (χ3v) is 2.70. The Morgan fingerprint density at radius 2 is 2.00 bits per heavy atom. The van der Waals surface area contributed by atoms with E-state index in [1.807, 2.05) is 11.3 Å². The van der Waals surface area contributed by atoms with Gasteiger partial charge in [-0.2, -0.15) is 0 Å². The van der Waals surface area contributed by atoms with Gasteiger partial charge in [0.1, 0.15) is 0 Å². The highest BCUT2D eigenvalue weighted by molar-refractivity contribution is 7.11. The molecule has 0 spiro atoms. The Hall–Kier alpha value is -0.370. The van der Waals surface area contributed by atoms with Crippen LogP contribution in [0.15, 0.2) is 0 Å². The van der Waals surface area contributed by atoms with Crippen LogP contribution in [0.25, 0.3) is 0 Å². The first-order chi connectivity index (χ1) is 4.77. The Morgan fingerprint density at radius 1 is 1.30 bits per heavy atom. The topological polar surface area (TPSA) is 12.9 Å². The van der Waals surface area contributed by atoms with Crippen LogP contribution in [0.2, 0.25) is 0 Å². The zero-order valence-electron chi connectivity index (χ0n) is 6.77. The maximum Gasteiger partial charge on any atom is 0.0900 e. The largest absolute Gasteiger partial charge is 0.246 e. The first-order valence-electron chi connectivity index (χ1n) is 3.73.